The van der Waals surface area contributed by atoms with Gasteiger partial charge in [0.25, 0.3) is 0 Å². The number of para-hydroxylation sites is 2. The van der Waals surface area contributed by atoms with E-state index in [4.69, 9.17) is 9.47 Å². The third kappa shape index (κ3) is 6.68. The second-order valence-electron chi connectivity index (χ2n) is 9.67. The fourth-order valence-corrected chi connectivity index (χ4v) is 5.46. The van der Waals surface area contributed by atoms with Crippen molar-refractivity contribution in [3.63, 3.8) is 0 Å². The van der Waals surface area contributed by atoms with Crippen molar-refractivity contribution < 1.29 is 29.3 Å². The zero-order chi connectivity index (χ0) is 27.1. The number of amides is 2. The Kier molecular flexibility index (Phi) is 10.0. The molecule has 0 aliphatic heterocycles. The van der Waals surface area contributed by atoms with Gasteiger partial charge in [-0.15, -0.1) is 0 Å². The lowest BCUT2D eigenvalue weighted by atomic mass is 9.82. The highest BCUT2D eigenvalue weighted by atomic mass is 127. The van der Waals surface area contributed by atoms with E-state index in [-0.39, 0.29) is 37.3 Å². The van der Waals surface area contributed by atoms with E-state index in [1.807, 2.05) is 48.5 Å². The fraction of sp³-hybridized carbons (Fsp3) is 0.448. The molecule has 3 atom stereocenters. The summed E-state index contributed by atoms with van der Waals surface area (Å²) in [5.41, 5.74) is 1.39. The Balaban J connectivity index is 1.64. The van der Waals surface area contributed by atoms with Gasteiger partial charge in [0.15, 0.2) is 0 Å². The topological polar surface area (TPSA) is 108 Å². The first-order valence-corrected chi connectivity index (χ1v) is 14.1. The van der Waals surface area contributed by atoms with Crippen LogP contribution in [0.25, 0.3) is 0 Å². The molecule has 1 saturated carbocycles. The lowest BCUT2D eigenvalue weighted by molar-refractivity contribution is -0.145. The number of rotatable bonds is 11. The predicted molar refractivity (Wildman–Crippen MR) is 152 cm³/mol. The zero-order valence-corrected chi connectivity index (χ0v) is 23.7. The summed E-state index contributed by atoms with van der Waals surface area (Å²) in [6.07, 6.45) is 3.17. The SMILES string of the molecule is COc1ccccc1CCN(C(=O)C1CCC1)[C@@H]1CC(C(=O)NCCO)=C[C@H](Oc2ccccc2I)[C@H]1O. The summed E-state index contributed by atoms with van der Waals surface area (Å²) in [6.45, 7) is 0.307. The number of nitrogens with zero attached hydrogens (tertiary/aromatic N) is 1. The molecule has 2 amide bonds. The highest BCUT2D eigenvalue weighted by Gasteiger charge is 2.42. The van der Waals surface area contributed by atoms with Gasteiger partial charge in [0, 0.05) is 31.0 Å². The van der Waals surface area contributed by atoms with Gasteiger partial charge in [-0.05, 0) is 71.7 Å². The van der Waals surface area contributed by atoms with Crippen LogP contribution in [0.1, 0.15) is 31.2 Å². The van der Waals surface area contributed by atoms with Gasteiger partial charge in [0.2, 0.25) is 11.8 Å². The predicted octanol–water partition coefficient (Wildman–Crippen LogP) is 3.09. The summed E-state index contributed by atoms with van der Waals surface area (Å²) in [4.78, 5) is 28.4. The molecule has 204 valence electrons. The first kappa shape index (κ1) is 28.4. The molecule has 38 heavy (non-hydrogen) atoms. The Hall–Kier alpha value is -2.63. The monoisotopic (exact) mass is 634 g/mol. The highest BCUT2D eigenvalue weighted by Crippen LogP contribution is 2.34. The molecule has 2 aromatic carbocycles. The molecule has 3 N–H and O–H groups in total. The number of ether oxygens (including phenoxy) is 2. The Morgan fingerprint density at radius 3 is 2.47 bits per heavy atom. The van der Waals surface area contributed by atoms with Gasteiger partial charge < -0.3 is 29.9 Å². The average Bonchev–Trinajstić information content (AvgIpc) is 2.89. The van der Waals surface area contributed by atoms with E-state index < -0.39 is 18.2 Å². The number of hydrogen-bond donors (Lipinski definition) is 3. The molecule has 2 aliphatic carbocycles. The lowest BCUT2D eigenvalue weighted by Crippen LogP contribution is -2.57. The Bertz CT molecular complexity index is 1150. The maximum absolute atomic E-state index is 13.7. The van der Waals surface area contributed by atoms with Crippen LogP contribution in [0, 0.1) is 9.49 Å². The molecule has 0 radical (unpaired) electrons. The largest absolute Gasteiger partial charge is 0.496 e. The first-order chi connectivity index (χ1) is 18.4. The summed E-state index contributed by atoms with van der Waals surface area (Å²) in [6, 6.07) is 14.5. The number of hydrogen-bond acceptors (Lipinski definition) is 6. The molecule has 2 aliphatic rings. The molecule has 0 saturated heterocycles. The van der Waals surface area contributed by atoms with Crippen LogP contribution < -0.4 is 14.8 Å². The van der Waals surface area contributed by atoms with Crippen LogP contribution in [0.15, 0.2) is 60.2 Å². The number of aliphatic hydroxyl groups is 2. The maximum atomic E-state index is 13.7. The number of aliphatic hydroxyl groups excluding tert-OH is 2. The van der Waals surface area contributed by atoms with Gasteiger partial charge in [-0.1, -0.05) is 36.8 Å². The minimum Gasteiger partial charge on any atom is -0.496 e. The molecule has 4 rings (SSSR count). The van der Waals surface area contributed by atoms with Crippen LogP contribution in [0.5, 0.6) is 11.5 Å². The number of carbonyl (C=O) groups excluding carboxylic acids is 2. The van der Waals surface area contributed by atoms with E-state index in [1.165, 1.54) is 0 Å². The van der Waals surface area contributed by atoms with Gasteiger partial charge in [0.1, 0.15) is 23.7 Å². The van der Waals surface area contributed by atoms with Crippen molar-refractivity contribution in [1.82, 2.24) is 10.2 Å². The smallest absolute Gasteiger partial charge is 0.247 e. The number of carbonyl (C=O) groups is 2. The molecule has 0 spiro atoms. The van der Waals surface area contributed by atoms with Crippen LogP contribution in [0.2, 0.25) is 0 Å². The van der Waals surface area contributed by atoms with Crippen molar-refractivity contribution >= 4 is 34.4 Å². The summed E-state index contributed by atoms with van der Waals surface area (Å²) >= 11 is 2.17. The minimum absolute atomic E-state index is 0.000237. The minimum atomic E-state index is -1.04. The van der Waals surface area contributed by atoms with Crippen molar-refractivity contribution in [2.75, 3.05) is 26.8 Å². The molecule has 8 nitrogen and oxygen atoms in total. The van der Waals surface area contributed by atoms with Gasteiger partial charge in [0.05, 0.1) is 23.3 Å². The number of nitrogens with one attached hydrogen (secondary N) is 1. The van der Waals surface area contributed by atoms with E-state index in [1.54, 1.807) is 18.1 Å². The van der Waals surface area contributed by atoms with Gasteiger partial charge >= 0.3 is 0 Å². The van der Waals surface area contributed by atoms with E-state index in [9.17, 15) is 19.8 Å². The van der Waals surface area contributed by atoms with Crippen LogP contribution in [0.3, 0.4) is 0 Å². The van der Waals surface area contributed by atoms with Crippen molar-refractivity contribution in [2.45, 2.75) is 50.4 Å². The Labute approximate surface area is 237 Å². The normalized spacial score (nSPS) is 21.2. The molecular formula is C29H35IN2O6. The van der Waals surface area contributed by atoms with Crippen LogP contribution in [-0.2, 0) is 16.0 Å². The molecule has 2 aromatic rings. The molecule has 1 fully saturated rings. The fourth-order valence-electron chi connectivity index (χ4n) is 4.95. The Morgan fingerprint density at radius 1 is 1.11 bits per heavy atom. The first-order valence-electron chi connectivity index (χ1n) is 13.0. The van der Waals surface area contributed by atoms with E-state index >= 15 is 0 Å². The van der Waals surface area contributed by atoms with Gasteiger partial charge in [-0.2, -0.15) is 0 Å². The number of halogens is 1. The van der Waals surface area contributed by atoms with Crippen LogP contribution in [0.4, 0.5) is 0 Å². The lowest BCUT2D eigenvalue weighted by Gasteiger charge is -2.43. The summed E-state index contributed by atoms with van der Waals surface area (Å²) in [7, 11) is 1.62. The molecule has 0 heterocycles. The summed E-state index contributed by atoms with van der Waals surface area (Å²) in [5, 5.41) is 23.5. The van der Waals surface area contributed by atoms with Crippen molar-refractivity contribution in [1.29, 1.82) is 0 Å². The standard InChI is InChI=1S/C29H35IN2O6/c1-37-24-11-4-2-7-19(24)13-15-32(29(36)20-8-6-9-20)23-17-21(28(35)31-14-16-33)18-26(27(23)34)38-25-12-5-3-10-22(25)30/h2-5,7,10-12,18,20,23,26-27,33-34H,6,8-9,13-17H2,1H3,(H,31,35)/t23-,26+,27+/m1/s1. The maximum Gasteiger partial charge on any atom is 0.247 e. The van der Waals surface area contributed by atoms with E-state index in [0.717, 1.165) is 34.1 Å². The number of methoxy groups -OCH3 is 1. The third-order valence-corrected chi connectivity index (χ3v) is 8.16. The van der Waals surface area contributed by atoms with Crippen molar-refractivity contribution in [3.05, 3.63) is 69.3 Å². The number of benzene rings is 2. The van der Waals surface area contributed by atoms with E-state index in [2.05, 4.69) is 27.9 Å². The van der Waals surface area contributed by atoms with E-state index in [0.29, 0.717) is 24.3 Å². The second-order valence-corrected chi connectivity index (χ2v) is 10.8. The zero-order valence-electron chi connectivity index (χ0n) is 21.5. The molecule has 0 unspecified atom stereocenters. The highest BCUT2D eigenvalue weighted by molar-refractivity contribution is 14.1. The van der Waals surface area contributed by atoms with Crippen LogP contribution in [-0.4, -0.2) is 72.0 Å². The second kappa shape index (κ2) is 13.4. The molecule has 9 heteroatoms. The van der Waals surface area contributed by atoms with Crippen LogP contribution >= 0.6 is 22.6 Å². The quantitative estimate of drug-likeness (QED) is 0.328. The van der Waals surface area contributed by atoms with Gasteiger partial charge in [-0.3, -0.25) is 9.59 Å². The third-order valence-electron chi connectivity index (χ3n) is 7.27. The Morgan fingerprint density at radius 2 is 1.82 bits per heavy atom. The summed E-state index contributed by atoms with van der Waals surface area (Å²) in [5.74, 6) is 0.923. The molecular weight excluding hydrogens is 599 g/mol. The summed E-state index contributed by atoms with van der Waals surface area (Å²) < 4.78 is 12.6. The molecule has 0 bridgehead atoms. The molecule has 0 aromatic heterocycles. The average molecular weight is 635 g/mol. The van der Waals surface area contributed by atoms with Crippen molar-refractivity contribution in [2.24, 2.45) is 5.92 Å². The van der Waals surface area contributed by atoms with Gasteiger partial charge in [-0.25, -0.2) is 0 Å². The van der Waals surface area contributed by atoms with Crippen molar-refractivity contribution in [3.8, 4) is 11.5 Å².